The smallest absolute Gasteiger partial charge is 0.120 e. The zero-order valence-electron chi connectivity index (χ0n) is 14.3. The van der Waals surface area contributed by atoms with E-state index in [1.807, 2.05) is 73.7 Å². The van der Waals surface area contributed by atoms with Crippen molar-refractivity contribution in [2.75, 3.05) is 12.1 Å². The molecule has 0 saturated carbocycles. The number of rotatable bonds is 6. The second kappa shape index (κ2) is 7.83. The molecule has 3 aromatic carbocycles. The molecule has 0 saturated heterocycles. The molecule has 0 aliphatic heterocycles. The fourth-order valence-electron chi connectivity index (χ4n) is 3.04. The highest BCUT2D eigenvalue weighted by molar-refractivity contribution is 8.24. The summed E-state index contributed by atoms with van der Waals surface area (Å²) in [5.41, 5.74) is 0. The summed E-state index contributed by atoms with van der Waals surface area (Å²) in [7, 11) is -2.56. The third kappa shape index (κ3) is 3.87. The summed E-state index contributed by atoms with van der Waals surface area (Å²) in [6.45, 7) is 2.02. The summed E-state index contributed by atoms with van der Waals surface area (Å²) in [6.07, 6.45) is 0.634. The molecular formula is C21H22OP2S. The molecule has 0 spiro atoms. The van der Waals surface area contributed by atoms with Gasteiger partial charge in [0.05, 0.1) is 0 Å². The van der Waals surface area contributed by atoms with Crippen molar-refractivity contribution in [3.8, 4) is 0 Å². The zero-order valence-corrected chi connectivity index (χ0v) is 16.9. The van der Waals surface area contributed by atoms with Crippen LogP contribution in [0.25, 0.3) is 0 Å². The second-order valence-electron chi connectivity index (χ2n) is 6.09. The van der Waals surface area contributed by atoms with Crippen molar-refractivity contribution < 1.29 is 4.57 Å². The maximum atomic E-state index is 13.9. The normalized spacial score (nSPS) is 14.0. The molecule has 0 aromatic heterocycles. The second-order valence-corrected chi connectivity index (χ2v) is 14.5. The lowest BCUT2D eigenvalue weighted by Gasteiger charge is -2.28. The molecule has 128 valence electrons. The van der Waals surface area contributed by atoms with Gasteiger partial charge >= 0.3 is 0 Å². The van der Waals surface area contributed by atoms with Gasteiger partial charge in [0.15, 0.2) is 0 Å². The summed E-state index contributed by atoms with van der Waals surface area (Å²) >= 11 is 6.29. The number of hydrogen-bond acceptors (Lipinski definition) is 2. The van der Waals surface area contributed by atoms with E-state index in [0.717, 1.165) is 15.9 Å². The van der Waals surface area contributed by atoms with E-state index in [1.54, 1.807) is 0 Å². The van der Waals surface area contributed by atoms with Crippen LogP contribution in [0.3, 0.4) is 0 Å². The van der Waals surface area contributed by atoms with Crippen LogP contribution in [0, 0.1) is 0 Å². The van der Waals surface area contributed by atoms with Crippen molar-refractivity contribution in [1.82, 2.24) is 0 Å². The van der Waals surface area contributed by atoms with Crippen LogP contribution in [0.15, 0.2) is 91.0 Å². The van der Waals surface area contributed by atoms with Crippen LogP contribution in [-0.4, -0.2) is 12.1 Å². The monoisotopic (exact) mass is 384 g/mol. The largest absolute Gasteiger partial charge is 0.318 e. The summed E-state index contributed by atoms with van der Waals surface area (Å²) in [4.78, 5) is 0. The molecule has 0 heterocycles. The number of benzene rings is 3. The van der Waals surface area contributed by atoms with E-state index in [0.29, 0.717) is 12.1 Å². The van der Waals surface area contributed by atoms with Crippen LogP contribution in [-0.2, 0) is 16.4 Å². The van der Waals surface area contributed by atoms with Crippen LogP contribution >= 0.6 is 13.2 Å². The third-order valence-corrected chi connectivity index (χ3v) is 14.8. The molecule has 25 heavy (non-hydrogen) atoms. The molecule has 1 nitrogen and oxygen atoms in total. The van der Waals surface area contributed by atoms with Gasteiger partial charge in [-0.25, -0.2) is 0 Å². The van der Waals surface area contributed by atoms with Gasteiger partial charge < -0.3 is 4.57 Å². The summed E-state index contributed by atoms with van der Waals surface area (Å²) < 4.78 is 13.9. The first kappa shape index (κ1) is 18.3. The SMILES string of the molecule is CCP(=O)(CP(=S)(c1ccccc1)c1ccccc1)c1ccccc1. The van der Waals surface area contributed by atoms with E-state index in [2.05, 4.69) is 24.3 Å². The fraction of sp³-hybridized carbons (Fsp3) is 0.143. The molecule has 0 amide bonds. The minimum Gasteiger partial charge on any atom is -0.318 e. The van der Waals surface area contributed by atoms with Crippen LogP contribution in [0.2, 0.25) is 0 Å². The van der Waals surface area contributed by atoms with Gasteiger partial charge in [-0.15, -0.1) is 0 Å². The van der Waals surface area contributed by atoms with Gasteiger partial charge in [-0.2, -0.15) is 0 Å². The lowest BCUT2D eigenvalue weighted by molar-refractivity contribution is 0.584. The quantitative estimate of drug-likeness (QED) is 0.569. The topological polar surface area (TPSA) is 17.1 Å². The Balaban J connectivity index is 2.14. The van der Waals surface area contributed by atoms with Crippen molar-refractivity contribution in [2.24, 2.45) is 0 Å². The standard InChI is InChI=1S/C21H22OP2S/c1-2-23(22,19-12-6-3-7-13-19)18-24(25,20-14-8-4-9-15-20)21-16-10-5-11-17-21/h3-17H,2,18H2,1H3. The van der Waals surface area contributed by atoms with E-state index in [1.165, 1.54) is 0 Å². The molecule has 1 unspecified atom stereocenters. The first-order valence-electron chi connectivity index (χ1n) is 8.42. The van der Waals surface area contributed by atoms with Crippen LogP contribution in [0.1, 0.15) is 6.92 Å². The molecule has 3 aromatic rings. The Kier molecular flexibility index (Phi) is 5.74. The van der Waals surface area contributed by atoms with Crippen molar-refractivity contribution in [2.45, 2.75) is 6.92 Å². The lowest BCUT2D eigenvalue weighted by Crippen LogP contribution is -2.21. The molecule has 0 aliphatic carbocycles. The van der Waals surface area contributed by atoms with Crippen molar-refractivity contribution in [1.29, 1.82) is 0 Å². The molecule has 3 rings (SSSR count). The van der Waals surface area contributed by atoms with Gasteiger partial charge in [0.25, 0.3) is 0 Å². The first-order valence-corrected chi connectivity index (χ1v) is 13.5. The van der Waals surface area contributed by atoms with Crippen molar-refractivity contribution >= 4 is 40.9 Å². The highest BCUT2D eigenvalue weighted by Crippen LogP contribution is 2.59. The van der Waals surface area contributed by atoms with E-state index >= 15 is 0 Å². The Labute approximate surface area is 155 Å². The first-order chi connectivity index (χ1) is 12.1. The average molecular weight is 384 g/mol. The highest BCUT2D eigenvalue weighted by atomic mass is 32.4. The molecule has 0 fully saturated rings. The predicted octanol–water partition coefficient (Wildman–Crippen LogP) is 4.78. The summed E-state index contributed by atoms with van der Waals surface area (Å²) in [5.74, 6) is 0.559. The van der Waals surface area contributed by atoms with Gasteiger partial charge in [-0.05, 0) is 10.6 Å². The highest BCUT2D eigenvalue weighted by Gasteiger charge is 2.33. The van der Waals surface area contributed by atoms with E-state index < -0.39 is 13.2 Å². The van der Waals surface area contributed by atoms with Crippen LogP contribution in [0.5, 0.6) is 0 Å². The van der Waals surface area contributed by atoms with Gasteiger partial charge in [-0.1, -0.05) is 110 Å². The van der Waals surface area contributed by atoms with E-state index in [-0.39, 0.29) is 0 Å². The minimum absolute atomic E-state index is 0.559. The third-order valence-electron chi connectivity index (χ3n) is 4.51. The Hall–Kier alpha value is -1.46. The maximum Gasteiger partial charge on any atom is 0.120 e. The number of hydrogen-bond donors (Lipinski definition) is 0. The van der Waals surface area contributed by atoms with E-state index in [4.69, 9.17) is 11.8 Å². The van der Waals surface area contributed by atoms with Crippen molar-refractivity contribution in [3.63, 3.8) is 0 Å². The molecular weight excluding hydrogens is 362 g/mol. The zero-order chi connectivity index (χ0) is 17.8. The van der Waals surface area contributed by atoms with Gasteiger partial charge in [0.2, 0.25) is 0 Å². The van der Waals surface area contributed by atoms with Crippen molar-refractivity contribution in [3.05, 3.63) is 91.0 Å². The molecule has 0 bridgehead atoms. The van der Waals surface area contributed by atoms with Crippen LogP contribution in [0.4, 0.5) is 0 Å². The summed E-state index contributed by atoms with van der Waals surface area (Å²) in [5, 5.41) is 3.22. The molecule has 1 atom stereocenters. The molecule has 0 aliphatic rings. The lowest BCUT2D eigenvalue weighted by atomic mass is 10.4. The minimum atomic E-state index is -2.56. The van der Waals surface area contributed by atoms with E-state index in [9.17, 15) is 4.57 Å². The molecule has 4 heteroatoms. The molecule has 0 N–H and O–H groups in total. The summed E-state index contributed by atoms with van der Waals surface area (Å²) in [6, 6.07) is 28.2. The van der Waals surface area contributed by atoms with Gasteiger partial charge in [0, 0.05) is 23.4 Å². The Morgan fingerprint density at radius 1 is 0.680 bits per heavy atom. The van der Waals surface area contributed by atoms with Gasteiger partial charge in [-0.3, -0.25) is 0 Å². The average Bonchev–Trinajstić information content (AvgIpc) is 2.70. The molecule has 0 radical (unpaired) electrons. The Morgan fingerprint density at radius 3 is 1.40 bits per heavy atom. The van der Waals surface area contributed by atoms with Gasteiger partial charge in [0.1, 0.15) is 7.14 Å². The Bertz CT molecular complexity index is 865. The fourth-order valence-corrected chi connectivity index (χ4v) is 13.5. The van der Waals surface area contributed by atoms with Crippen LogP contribution < -0.4 is 15.9 Å². The predicted molar refractivity (Wildman–Crippen MR) is 116 cm³/mol. The maximum absolute atomic E-state index is 13.9. The Morgan fingerprint density at radius 2 is 1.04 bits per heavy atom.